The van der Waals surface area contributed by atoms with Gasteiger partial charge in [0.1, 0.15) is 0 Å². The second-order valence-electron chi connectivity index (χ2n) is 4.76. The van der Waals surface area contributed by atoms with Crippen molar-refractivity contribution in [3.63, 3.8) is 0 Å². The molecular weight excluding hydrogens is 300 g/mol. The number of amides is 1. The van der Waals surface area contributed by atoms with Gasteiger partial charge in [0.05, 0.1) is 17.0 Å². The number of nitrogens with one attached hydrogen (secondary N) is 1. The fourth-order valence-electron chi connectivity index (χ4n) is 1.72. The average molecular weight is 319 g/mol. The van der Waals surface area contributed by atoms with Gasteiger partial charge in [-0.05, 0) is 26.0 Å². The number of anilines is 1. The van der Waals surface area contributed by atoms with Crippen LogP contribution < -0.4 is 9.62 Å². The van der Waals surface area contributed by atoms with Gasteiger partial charge in [0.25, 0.3) is 0 Å². The minimum absolute atomic E-state index is 0.0227. The van der Waals surface area contributed by atoms with Gasteiger partial charge in [0.15, 0.2) is 0 Å². The third-order valence-corrected chi connectivity index (χ3v) is 4.01. The number of para-hydroxylation sites is 1. The first-order chi connectivity index (χ1) is 9.21. The molecule has 7 heteroatoms. The van der Waals surface area contributed by atoms with Gasteiger partial charge in [-0.15, -0.1) is 0 Å². The Balaban J connectivity index is 2.88. The predicted octanol–water partition coefficient (Wildman–Crippen LogP) is 2.02. The summed E-state index contributed by atoms with van der Waals surface area (Å²) in [6.07, 6.45) is 1.17. The summed E-state index contributed by atoms with van der Waals surface area (Å²) < 4.78 is 24.9. The molecule has 0 aliphatic carbocycles. The zero-order chi connectivity index (χ0) is 15.3. The molecule has 5 nitrogen and oxygen atoms in total. The highest BCUT2D eigenvalue weighted by Gasteiger charge is 2.20. The van der Waals surface area contributed by atoms with Crippen molar-refractivity contribution >= 4 is 33.2 Å². The lowest BCUT2D eigenvalue weighted by atomic mass is 10.3. The molecule has 0 aliphatic heterocycles. The van der Waals surface area contributed by atoms with Gasteiger partial charge >= 0.3 is 0 Å². The molecular formula is C13H19ClN2O3S. The molecule has 0 atom stereocenters. The summed E-state index contributed by atoms with van der Waals surface area (Å²) in [5.74, 6) is -0.194. The molecule has 20 heavy (non-hydrogen) atoms. The number of rotatable bonds is 6. The Morgan fingerprint density at radius 2 is 1.95 bits per heavy atom. The van der Waals surface area contributed by atoms with E-state index in [2.05, 4.69) is 5.32 Å². The van der Waals surface area contributed by atoms with Crippen LogP contribution in [0.1, 0.15) is 20.3 Å². The van der Waals surface area contributed by atoms with Crippen LogP contribution in [0.2, 0.25) is 5.02 Å². The van der Waals surface area contributed by atoms with E-state index in [9.17, 15) is 13.2 Å². The molecule has 1 amide bonds. The summed E-state index contributed by atoms with van der Waals surface area (Å²) >= 11 is 6.02. The SMILES string of the molecule is CC(C)NC(=O)CCN(c1ccccc1Cl)S(C)(=O)=O. The normalized spacial score (nSPS) is 11.4. The van der Waals surface area contributed by atoms with E-state index in [0.29, 0.717) is 10.7 Å². The lowest BCUT2D eigenvalue weighted by Gasteiger charge is -2.23. The lowest BCUT2D eigenvalue weighted by molar-refractivity contribution is -0.121. The van der Waals surface area contributed by atoms with Crippen LogP contribution in [0.15, 0.2) is 24.3 Å². The number of hydrogen-bond acceptors (Lipinski definition) is 3. The number of benzene rings is 1. The minimum atomic E-state index is -3.50. The Bertz CT molecular complexity index is 573. The maximum absolute atomic E-state index is 11.9. The quantitative estimate of drug-likeness (QED) is 0.872. The van der Waals surface area contributed by atoms with E-state index in [-0.39, 0.29) is 24.9 Å². The van der Waals surface area contributed by atoms with E-state index in [0.717, 1.165) is 10.6 Å². The molecule has 1 aromatic rings. The molecule has 1 rings (SSSR count). The molecule has 0 fully saturated rings. The van der Waals surface area contributed by atoms with E-state index >= 15 is 0 Å². The van der Waals surface area contributed by atoms with Crippen LogP contribution in [0.3, 0.4) is 0 Å². The summed E-state index contributed by atoms with van der Waals surface area (Å²) in [6.45, 7) is 3.75. The monoisotopic (exact) mass is 318 g/mol. The van der Waals surface area contributed by atoms with Crippen LogP contribution in [-0.2, 0) is 14.8 Å². The molecule has 112 valence electrons. The molecule has 0 saturated heterocycles. The predicted molar refractivity (Wildman–Crippen MR) is 81.5 cm³/mol. The highest BCUT2D eigenvalue weighted by atomic mass is 35.5. The van der Waals surface area contributed by atoms with Crippen LogP contribution in [0.25, 0.3) is 0 Å². The minimum Gasteiger partial charge on any atom is -0.354 e. The first kappa shape index (κ1) is 16.8. The van der Waals surface area contributed by atoms with Gasteiger partial charge in [-0.2, -0.15) is 0 Å². The summed E-state index contributed by atoms with van der Waals surface area (Å²) in [5.41, 5.74) is 0.383. The summed E-state index contributed by atoms with van der Waals surface area (Å²) in [7, 11) is -3.50. The molecule has 0 aliphatic rings. The number of halogens is 1. The van der Waals surface area contributed by atoms with E-state index in [1.165, 1.54) is 0 Å². The van der Waals surface area contributed by atoms with Crippen LogP contribution in [0.4, 0.5) is 5.69 Å². The highest BCUT2D eigenvalue weighted by molar-refractivity contribution is 7.92. The molecule has 0 bridgehead atoms. The Morgan fingerprint density at radius 3 is 2.45 bits per heavy atom. The van der Waals surface area contributed by atoms with Crippen molar-refractivity contribution in [1.82, 2.24) is 5.32 Å². The van der Waals surface area contributed by atoms with Crippen molar-refractivity contribution < 1.29 is 13.2 Å². The molecule has 0 aromatic heterocycles. The second kappa shape index (κ2) is 6.95. The molecule has 0 radical (unpaired) electrons. The molecule has 0 spiro atoms. The molecule has 0 unspecified atom stereocenters. The van der Waals surface area contributed by atoms with Gasteiger partial charge < -0.3 is 5.32 Å². The van der Waals surface area contributed by atoms with Crippen LogP contribution >= 0.6 is 11.6 Å². The number of carbonyl (C=O) groups is 1. The van der Waals surface area contributed by atoms with Crippen LogP contribution in [0, 0.1) is 0 Å². The second-order valence-corrected chi connectivity index (χ2v) is 7.07. The summed E-state index contributed by atoms with van der Waals surface area (Å²) in [5, 5.41) is 3.06. The standard InChI is InChI=1S/C13H19ClN2O3S/c1-10(2)15-13(17)8-9-16(20(3,18)19)12-7-5-4-6-11(12)14/h4-7,10H,8-9H2,1-3H3,(H,15,17). The van der Waals surface area contributed by atoms with Crippen molar-refractivity contribution in [2.45, 2.75) is 26.3 Å². The Morgan fingerprint density at radius 1 is 1.35 bits per heavy atom. The van der Waals surface area contributed by atoms with E-state index in [4.69, 9.17) is 11.6 Å². The van der Waals surface area contributed by atoms with Gasteiger partial charge in [0, 0.05) is 19.0 Å². The Kier molecular flexibility index (Phi) is 5.83. The van der Waals surface area contributed by atoms with Crippen LogP contribution in [0.5, 0.6) is 0 Å². The smallest absolute Gasteiger partial charge is 0.232 e. The largest absolute Gasteiger partial charge is 0.354 e. The fourth-order valence-corrected chi connectivity index (χ4v) is 2.94. The van der Waals surface area contributed by atoms with E-state index in [1.54, 1.807) is 24.3 Å². The van der Waals surface area contributed by atoms with E-state index in [1.807, 2.05) is 13.8 Å². The fraction of sp³-hybridized carbons (Fsp3) is 0.462. The summed E-state index contributed by atoms with van der Waals surface area (Å²) in [4.78, 5) is 11.6. The molecule has 1 N–H and O–H groups in total. The van der Waals surface area contributed by atoms with Crippen molar-refractivity contribution in [1.29, 1.82) is 0 Å². The molecule has 0 saturated carbocycles. The number of sulfonamides is 1. The van der Waals surface area contributed by atoms with Crippen molar-refractivity contribution in [3.05, 3.63) is 29.3 Å². The third kappa shape index (κ3) is 5.02. The third-order valence-electron chi connectivity index (χ3n) is 2.51. The Hall–Kier alpha value is -1.27. The zero-order valence-electron chi connectivity index (χ0n) is 11.8. The molecule has 1 aromatic carbocycles. The van der Waals surface area contributed by atoms with Gasteiger partial charge in [-0.3, -0.25) is 9.10 Å². The number of nitrogens with zero attached hydrogens (tertiary/aromatic N) is 1. The first-order valence-corrected chi connectivity index (χ1v) is 8.46. The summed E-state index contributed by atoms with van der Waals surface area (Å²) in [6, 6.07) is 6.67. The van der Waals surface area contributed by atoms with E-state index < -0.39 is 10.0 Å². The van der Waals surface area contributed by atoms with Crippen molar-refractivity contribution in [3.8, 4) is 0 Å². The average Bonchev–Trinajstić information content (AvgIpc) is 2.29. The highest BCUT2D eigenvalue weighted by Crippen LogP contribution is 2.27. The lowest BCUT2D eigenvalue weighted by Crippen LogP contribution is -2.36. The maximum atomic E-state index is 11.9. The first-order valence-electron chi connectivity index (χ1n) is 6.23. The Labute approximate surface area is 125 Å². The number of hydrogen-bond donors (Lipinski definition) is 1. The zero-order valence-corrected chi connectivity index (χ0v) is 13.3. The topological polar surface area (TPSA) is 66.5 Å². The van der Waals surface area contributed by atoms with Gasteiger partial charge in [-0.1, -0.05) is 23.7 Å². The molecule has 0 heterocycles. The van der Waals surface area contributed by atoms with Crippen molar-refractivity contribution in [2.24, 2.45) is 0 Å². The van der Waals surface area contributed by atoms with Gasteiger partial charge in [0.2, 0.25) is 15.9 Å². The van der Waals surface area contributed by atoms with Gasteiger partial charge in [-0.25, -0.2) is 8.42 Å². The number of carbonyl (C=O) groups excluding carboxylic acids is 1. The van der Waals surface area contributed by atoms with Crippen molar-refractivity contribution in [2.75, 3.05) is 17.1 Å². The van der Waals surface area contributed by atoms with Crippen LogP contribution in [-0.4, -0.2) is 33.2 Å². The maximum Gasteiger partial charge on any atom is 0.232 e.